The standard InChI is InChI=1S/C7H14O2.C6H12O2.CH108P104/c1-5-7(2,3)6(8)9-4;1-4-6(2,3)5(7)8;2-60(3)87(61(4)5)56(88(62(6)7)63(8)9)1(57(89(64(10)11)95(65(12)13)66(14)15)90(96(67(16)17)68(18)19)97(69(20)21)70(22)23,58(91(98(71(24)25)72(26)27)99(73(28)29)74(30)31)92(100(75(32)33)76(34)35)101(77(36)37)78(38)39)59(93(102(79(40)41)80(42)43)103(81(44)45)82(46)47)94(104(83(48)49)84(50)51)105(85(52)53)86(54)55/h5H2,1-4H3;4H2,1-3H3,(H,7,8);2-55H2. The van der Waals surface area contributed by atoms with Crippen LogP contribution in [0, 0.1) is 10.8 Å². The van der Waals surface area contributed by atoms with Gasteiger partial charge in [0.1, 0.15) is 0 Å². The van der Waals surface area contributed by atoms with E-state index in [1.807, 2.05) is 27.7 Å². The molecule has 108 heteroatoms. The minimum atomic E-state index is -0.845. The monoisotopic (exact) mass is 3590 g/mol. The number of aliphatic carboxylic acids is 1. The molecule has 734 valence electrons. The lowest BCUT2D eigenvalue weighted by molar-refractivity contribution is -0.151. The number of ether oxygens (including phenoxy) is 1. The number of esters is 1. The maximum atomic E-state index is 10.8. The van der Waals surface area contributed by atoms with Crippen LogP contribution in [0.1, 0.15) is 54.4 Å². The average Bonchev–Trinajstić information content (AvgIpc) is 0.671. The highest BCUT2D eigenvalue weighted by Crippen LogP contribution is 3.52. The van der Waals surface area contributed by atoms with Crippen LogP contribution in [0.15, 0.2) is 0 Å². The Kier molecular flexibility index (Phi) is 126. The van der Waals surface area contributed by atoms with Crippen molar-refractivity contribution in [1.29, 1.82) is 0 Å². The topological polar surface area (TPSA) is 63.6 Å². The van der Waals surface area contributed by atoms with Crippen molar-refractivity contribution in [2.45, 2.75) is 58.8 Å². The molecule has 122 heavy (non-hydrogen) atoms. The quantitative estimate of drug-likeness (QED) is 0.0487. The molecule has 0 heterocycles. The first-order valence-corrected chi connectivity index (χ1v) is 217. The first-order valence-electron chi connectivity index (χ1n) is 29.9. The molecule has 0 rings (SSSR count). The molecule has 0 saturated heterocycles. The van der Waals surface area contributed by atoms with E-state index in [4.69, 9.17) is 5.11 Å². The van der Waals surface area contributed by atoms with Gasteiger partial charge in [-0.1, -0.05) is 13.8 Å². The Morgan fingerprint density at radius 2 is 0.303 bits per heavy atom. The third kappa shape index (κ3) is 58.7. The number of hydrogen-bond acceptors (Lipinski definition) is 3. The highest BCUT2D eigenvalue weighted by molar-refractivity contribution is 9.49. The summed E-state index contributed by atoms with van der Waals surface area (Å²) in [7, 11) is 208. The number of carboxylic acid groups (broad SMARTS) is 1. The van der Waals surface area contributed by atoms with Crippen LogP contribution in [0.2, 0.25) is 0 Å². The van der Waals surface area contributed by atoms with Crippen molar-refractivity contribution in [3.05, 3.63) is 0 Å². The van der Waals surface area contributed by atoms with Crippen LogP contribution in [0.5, 0.6) is 0 Å². The minimum Gasteiger partial charge on any atom is -0.481 e. The van der Waals surface area contributed by atoms with E-state index >= 15 is 0 Å². The number of carbonyl (C=O) groups is 2. The number of rotatable bonds is 54. The van der Waals surface area contributed by atoms with Gasteiger partial charge in [0, 0.05) is 0 Å². The number of methoxy groups -OCH3 is 1. The Morgan fingerprint density at radius 1 is 0.197 bits per heavy atom. The van der Waals surface area contributed by atoms with Crippen molar-refractivity contribution in [3.63, 3.8) is 0 Å². The predicted octanol–water partition coefficient (Wildman–Crippen LogP) is 63.6. The Labute approximate surface area is 926 Å². The maximum absolute atomic E-state index is 10.8. The summed E-state index contributed by atoms with van der Waals surface area (Å²) in [5.41, 5.74) is -0.852. The fraction of sp³-hybridized carbons (Fsp3) is 0.857. The number of hydrogen-bond donors (Lipinski definition) is 1. The molecule has 0 aliphatic heterocycles. The van der Waals surface area contributed by atoms with E-state index in [9.17, 15) is 9.59 Å². The summed E-state index contributed by atoms with van der Waals surface area (Å²) < 4.78 is 4.72. The lowest BCUT2D eigenvalue weighted by Gasteiger charge is -2.72. The van der Waals surface area contributed by atoms with Crippen LogP contribution in [-0.4, -0.2) is 28.5 Å². The van der Waals surface area contributed by atoms with Gasteiger partial charge < -0.3 is 9.84 Å². The first kappa shape index (κ1) is 170. The van der Waals surface area contributed by atoms with Gasteiger partial charge in [-0.2, -0.15) is 0 Å². The fourth-order valence-corrected chi connectivity index (χ4v) is 1380. The third-order valence-electron chi connectivity index (χ3n) is 12.9. The third-order valence-corrected chi connectivity index (χ3v) is 698. The highest BCUT2D eigenvalue weighted by Gasteiger charge is 2.77. The van der Waals surface area contributed by atoms with Gasteiger partial charge in [0.25, 0.3) is 0 Å². The molecule has 0 aromatic rings. The highest BCUT2D eigenvalue weighted by atomic mass is 33.5. The predicted molar refractivity (Wildman–Crippen MR) is 941 cm³/mol. The molecule has 0 spiro atoms. The van der Waals surface area contributed by atoms with Crippen LogP contribution in [-0.2, 0) is 14.3 Å². The number of carboxylic acids is 1. The largest absolute Gasteiger partial charge is 0.481 e. The van der Waals surface area contributed by atoms with Gasteiger partial charge in [-0.25, -0.2) is 0 Å². The smallest absolute Gasteiger partial charge is 0.311 e. The SMILES string of the molecule is CCC(C)(C)C(=O)O.CCC(C)(C)C(=O)OC.PP(P)P(P(P)P)P(P(P)P)P(P(P(P(P)P)P(P)P)P(P(P)P)P(P)P)C(P(P(P(P)P)P(P)P)P(P(P)P)P(P)P)(P(P(P(P(P)P)P(P)P)P(P(P)P)P(P)P)P(P(P(P)P)P(P)P)P(P(P)P)P(P)P)P(P(P(P(P)P)P(P)P)P(P(P)P)P(P)P)P(P(P(P)P)P(P)P)P(P(P)P)P(P)P. The molecular weight excluding hydrogens is 3450 g/mol. The molecule has 0 aromatic heterocycles. The summed E-state index contributed by atoms with van der Waals surface area (Å²) in [6, 6.07) is 0. The van der Waals surface area contributed by atoms with Gasteiger partial charge >= 0.3 is 11.9 Å². The lowest BCUT2D eigenvalue weighted by atomic mass is 9.91. The zero-order valence-electron chi connectivity index (χ0n) is 66.1. The molecule has 0 radical (unpaired) electrons. The van der Waals surface area contributed by atoms with Crippen LogP contribution in [0.25, 0.3) is 0 Å². The Morgan fingerprint density at radius 3 is 0.385 bits per heavy atom. The van der Waals surface area contributed by atoms with Crippen molar-refractivity contribution in [2.75, 3.05) is 7.11 Å². The molecule has 0 aromatic carbocycles. The van der Waals surface area contributed by atoms with Crippen molar-refractivity contribution < 1.29 is 19.4 Å². The second-order valence-electron chi connectivity index (χ2n) is 22.4. The van der Waals surface area contributed by atoms with Crippen molar-refractivity contribution in [3.8, 4) is 0 Å². The second kappa shape index (κ2) is 90.6. The average molecular weight is 3590 g/mol. The second-order valence-corrected chi connectivity index (χ2v) is 442. The molecule has 1 N–H and O–H groups in total. The Balaban J connectivity index is -0.00000744. The van der Waals surface area contributed by atoms with E-state index in [2.05, 4.69) is 487 Å². The van der Waals surface area contributed by atoms with E-state index in [0.717, 1.165) is 6.42 Å². The van der Waals surface area contributed by atoms with Gasteiger partial charge in [-0.15, -0.1) is 482 Å². The summed E-state index contributed by atoms with van der Waals surface area (Å²) in [5, 5.41) is 8.44. The fourth-order valence-electron chi connectivity index (χ4n) is 7.65. The molecule has 56 atom stereocenters. The summed E-state index contributed by atoms with van der Waals surface area (Å²) in [5.74, 6) is -0.856. The molecule has 0 aliphatic carbocycles. The van der Waals surface area contributed by atoms with Gasteiger partial charge in [0.15, 0.2) is 0 Å². The van der Waals surface area contributed by atoms with E-state index in [0.29, 0.717) is 6.42 Å². The molecule has 0 aliphatic rings. The van der Waals surface area contributed by atoms with E-state index in [1.54, 1.807) is 13.8 Å². The van der Waals surface area contributed by atoms with Crippen LogP contribution in [0.3, 0.4) is 0 Å². The Hall–Kier alpha value is 43.7. The summed E-state index contributed by atoms with van der Waals surface area (Å²) in [4.78, 5) is 21.1. The van der Waals surface area contributed by atoms with Crippen molar-refractivity contribution in [1.82, 2.24) is 0 Å². The van der Waals surface area contributed by atoms with Gasteiger partial charge in [0.2, 0.25) is 0 Å². The minimum absolute atomic E-state index is 0.134. The molecule has 0 saturated carbocycles. The molecule has 56 unspecified atom stereocenters. The van der Waals surface area contributed by atoms with Crippen molar-refractivity contribution >= 4 is 845 Å². The first-order chi connectivity index (χ1) is 55.2. The van der Waals surface area contributed by atoms with Gasteiger partial charge in [-0.3, -0.25) is 9.59 Å². The van der Waals surface area contributed by atoms with E-state index in [-0.39, 0.29) is 15.8 Å². The lowest BCUT2D eigenvalue weighted by Crippen LogP contribution is -2.24. The summed E-state index contributed by atoms with van der Waals surface area (Å²) in [6.45, 7) is -14.5. The normalized spacial score (nSPS) is 14.8. The molecular formula is C14H134O4P104. The molecule has 0 bridgehead atoms. The zero-order chi connectivity index (χ0) is 97.6. The van der Waals surface area contributed by atoms with Crippen LogP contribution < -0.4 is 0 Å². The maximum Gasteiger partial charge on any atom is 0.311 e. The molecule has 0 fully saturated rings. The van der Waals surface area contributed by atoms with E-state index < -0.39 is 362 Å². The summed E-state index contributed by atoms with van der Waals surface area (Å²) in [6.07, 6.45) is 1.50. The molecule has 4 nitrogen and oxygen atoms in total. The van der Waals surface area contributed by atoms with Crippen molar-refractivity contribution in [2.24, 2.45) is 10.8 Å². The van der Waals surface area contributed by atoms with E-state index in [1.165, 1.54) is 7.11 Å². The van der Waals surface area contributed by atoms with Crippen LogP contribution >= 0.6 is 833 Å². The van der Waals surface area contributed by atoms with Gasteiger partial charge in [0.05, 0.1) is 22.3 Å². The van der Waals surface area contributed by atoms with Crippen LogP contribution in [0.4, 0.5) is 0 Å². The molecule has 0 amide bonds. The van der Waals surface area contributed by atoms with Gasteiger partial charge in [-0.05, 0) is 391 Å². The summed E-state index contributed by atoms with van der Waals surface area (Å²) >= 11 is 0. The number of carbonyl (C=O) groups excluding carboxylic acids is 1. The zero-order valence-corrected chi connectivity index (χ0v) is 173. The Bertz CT molecular complexity index is 2360.